The number of alkyl carbamates (subject to hydrolysis) is 1. The number of unbranched alkanes of at least 4 members (excludes halogenated alkanes) is 10. The third-order valence-corrected chi connectivity index (χ3v) is 7.62. The van der Waals surface area contributed by atoms with Crippen molar-refractivity contribution in [1.82, 2.24) is 5.32 Å². The summed E-state index contributed by atoms with van der Waals surface area (Å²) in [6, 6.07) is 8.16. The van der Waals surface area contributed by atoms with Crippen LogP contribution < -0.4 is 5.32 Å². The van der Waals surface area contributed by atoms with Crippen LogP contribution in [0.3, 0.4) is 0 Å². The van der Waals surface area contributed by atoms with Crippen LogP contribution in [-0.2, 0) is 39.9 Å². The minimum atomic E-state index is -1.78. The molecular formula is C36H56Cl3NO8. The van der Waals surface area contributed by atoms with Crippen molar-refractivity contribution in [2.24, 2.45) is 0 Å². The largest absolute Gasteiger partial charge is 0.461 e. The highest BCUT2D eigenvalue weighted by Crippen LogP contribution is 2.26. The Morgan fingerprint density at radius 3 is 1.90 bits per heavy atom. The first kappa shape index (κ1) is 43.8. The molecule has 9 nitrogen and oxygen atoms in total. The quantitative estimate of drug-likeness (QED) is 0.0483. The normalized spacial score (nSPS) is 12.9. The number of carbonyl (C=O) groups is 4. The van der Waals surface area contributed by atoms with Crippen LogP contribution in [0.5, 0.6) is 0 Å². The molecule has 0 aliphatic rings. The summed E-state index contributed by atoms with van der Waals surface area (Å²) < 4.78 is 19.8. The van der Waals surface area contributed by atoms with E-state index in [1.807, 2.05) is 30.3 Å². The minimum Gasteiger partial charge on any atom is -0.461 e. The molecule has 0 aromatic heterocycles. The molecule has 0 aliphatic carbocycles. The number of ether oxygens (including phenoxy) is 4. The molecule has 2 atom stereocenters. The Hall–Kier alpha value is -2.23. The second kappa shape index (κ2) is 24.8. The number of hydrogen-bond acceptors (Lipinski definition) is 8. The molecule has 1 aromatic carbocycles. The second-order valence-corrected chi connectivity index (χ2v) is 15.6. The molecule has 0 bridgehead atoms. The van der Waals surface area contributed by atoms with Crippen LogP contribution in [0.1, 0.15) is 136 Å². The molecule has 0 radical (unpaired) electrons. The monoisotopic (exact) mass is 735 g/mol. The van der Waals surface area contributed by atoms with E-state index in [0.29, 0.717) is 6.42 Å². The van der Waals surface area contributed by atoms with E-state index in [1.165, 1.54) is 44.9 Å². The van der Waals surface area contributed by atoms with Crippen LogP contribution in [0, 0.1) is 0 Å². The summed E-state index contributed by atoms with van der Waals surface area (Å²) in [5.41, 5.74) is 0.0546. The van der Waals surface area contributed by atoms with Gasteiger partial charge in [-0.2, -0.15) is 0 Å². The molecular weight excluding hydrogens is 681 g/mol. The molecule has 48 heavy (non-hydrogen) atoms. The van der Waals surface area contributed by atoms with Crippen molar-refractivity contribution in [3.05, 3.63) is 35.9 Å². The van der Waals surface area contributed by atoms with Gasteiger partial charge in [0, 0.05) is 6.42 Å². The fourth-order valence-electron chi connectivity index (χ4n) is 4.85. The smallest absolute Gasteiger partial charge is 0.408 e. The van der Waals surface area contributed by atoms with Gasteiger partial charge in [-0.25, -0.2) is 9.59 Å². The van der Waals surface area contributed by atoms with E-state index in [4.69, 9.17) is 53.8 Å². The summed E-state index contributed by atoms with van der Waals surface area (Å²) in [6.45, 7) is 7.02. The molecule has 0 saturated carbocycles. The molecule has 0 saturated heterocycles. The van der Waals surface area contributed by atoms with E-state index in [0.717, 1.165) is 31.2 Å². The summed E-state index contributed by atoms with van der Waals surface area (Å²) >= 11 is 17.2. The third-order valence-electron chi connectivity index (χ3n) is 7.30. The number of amides is 1. The molecule has 0 aliphatic heterocycles. The van der Waals surface area contributed by atoms with Crippen LogP contribution >= 0.6 is 34.8 Å². The van der Waals surface area contributed by atoms with Crippen LogP contribution in [0.25, 0.3) is 0 Å². The number of alkyl halides is 3. The molecule has 0 spiro atoms. The zero-order valence-corrected chi connectivity index (χ0v) is 31.4. The molecule has 1 rings (SSSR count). The van der Waals surface area contributed by atoms with Crippen molar-refractivity contribution in [2.45, 2.75) is 159 Å². The third kappa shape index (κ3) is 24.8. The fourth-order valence-corrected chi connectivity index (χ4v) is 5.02. The topological polar surface area (TPSA) is 117 Å². The van der Waals surface area contributed by atoms with E-state index in [2.05, 4.69) is 12.2 Å². The lowest BCUT2D eigenvalue weighted by Gasteiger charge is -2.25. The van der Waals surface area contributed by atoms with Crippen molar-refractivity contribution in [3.63, 3.8) is 0 Å². The van der Waals surface area contributed by atoms with Gasteiger partial charge in [0.25, 0.3) is 0 Å². The fraction of sp³-hybridized carbons (Fsp3) is 0.722. The van der Waals surface area contributed by atoms with Gasteiger partial charge in [0.2, 0.25) is 3.79 Å². The van der Waals surface area contributed by atoms with Crippen LogP contribution in [0.4, 0.5) is 4.79 Å². The van der Waals surface area contributed by atoms with E-state index in [-0.39, 0.29) is 32.3 Å². The van der Waals surface area contributed by atoms with Gasteiger partial charge in [0.05, 0.1) is 6.42 Å². The number of hydrogen-bond donors (Lipinski definition) is 1. The average molecular weight is 737 g/mol. The van der Waals surface area contributed by atoms with Crippen molar-refractivity contribution >= 4 is 58.8 Å². The number of nitrogens with one attached hydrogen (secondary N) is 1. The van der Waals surface area contributed by atoms with Crippen molar-refractivity contribution in [3.8, 4) is 0 Å². The average Bonchev–Trinajstić information content (AvgIpc) is 3.00. The number of halogens is 3. The highest BCUT2D eigenvalue weighted by Gasteiger charge is 2.30. The molecule has 1 N–H and O–H groups in total. The summed E-state index contributed by atoms with van der Waals surface area (Å²) in [5.74, 6) is -1.87. The minimum absolute atomic E-state index is 0.0259. The Bertz CT molecular complexity index is 1060. The maximum Gasteiger partial charge on any atom is 0.408 e. The number of benzene rings is 1. The van der Waals surface area contributed by atoms with Gasteiger partial charge in [-0.15, -0.1) is 0 Å². The van der Waals surface area contributed by atoms with E-state index < -0.39 is 52.1 Å². The lowest BCUT2D eigenvalue weighted by Crippen LogP contribution is -2.45. The zero-order chi connectivity index (χ0) is 35.8. The Morgan fingerprint density at radius 1 is 0.750 bits per heavy atom. The Labute approximate surface area is 302 Å². The van der Waals surface area contributed by atoms with Gasteiger partial charge in [-0.05, 0) is 52.0 Å². The first-order chi connectivity index (χ1) is 22.7. The predicted octanol–water partition coefficient (Wildman–Crippen LogP) is 9.71. The first-order valence-corrected chi connectivity index (χ1v) is 18.4. The maximum absolute atomic E-state index is 13.4. The summed E-state index contributed by atoms with van der Waals surface area (Å²) in [4.78, 5) is 51.0. The summed E-state index contributed by atoms with van der Waals surface area (Å²) in [5, 5.41) is 2.56. The SMILES string of the molecule is CCCCCCCCCCCCC[C@@H](CC(=O)OCC(Cl)(Cl)Cl)OC(=O)[C@H](CCCC(=O)OCc1ccccc1)NC(=O)OC(C)(C)C. The highest BCUT2D eigenvalue weighted by atomic mass is 35.6. The summed E-state index contributed by atoms with van der Waals surface area (Å²) in [6.07, 6.45) is 11.5. The van der Waals surface area contributed by atoms with Gasteiger partial charge < -0.3 is 24.3 Å². The highest BCUT2D eigenvalue weighted by molar-refractivity contribution is 6.67. The molecule has 0 unspecified atom stereocenters. The maximum atomic E-state index is 13.4. The second-order valence-electron chi connectivity index (χ2n) is 13.1. The molecule has 12 heteroatoms. The van der Waals surface area contributed by atoms with Crippen molar-refractivity contribution < 1.29 is 38.1 Å². The molecule has 1 aromatic rings. The van der Waals surface area contributed by atoms with Crippen LogP contribution in [0.2, 0.25) is 0 Å². The molecule has 0 heterocycles. The van der Waals surface area contributed by atoms with E-state index in [9.17, 15) is 19.2 Å². The standard InChI is InChI=1S/C36H56Cl3NO8/c1-5-6-7-8-9-10-11-12-13-14-18-22-29(25-32(42)46-27-36(37,38)39)47-33(43)30(40-34(44)48-35(2,3)4)23-19-24-31(41)45-26-28-20-16-15-17-21-28/h15-17,20-21,29-30H,5-14,18-19,22-27H2,1-4H3,(H,40,44)/t29-,30-/m0/s1. The van der Waals surface area contributed by atoms with Crippen molar-refractivity contribution in [2.75, 3.05) is 6.61 Å². The van der Waals surface area contributed by atoms with Gasteiger partial charge in [-0.1, -0.05) is 136 Å². The number of esters is 3. The molecule has 0 fully saturated rings. The predicted molar refractivity (Wildman–Crippen MR) is 190 cm³/mol. The summed E-state index contributed by atoms with van der Waals surface area (Å²) in [7, 11) is 0. The number of carbonyl (C=O) groups excluding carboxylic acids is 4. The van der Waals surface area contributed by atoms with Crippen LogP contribution in [0.15, 0.2) is 30.3 Å². The Balaban J connectivity index is 2.77. The molecule has 1 amide bonds. The van der Waals surface area contributed by atoms with Gasteiger partial charge >= 0.3 is 24.0 Å². The van der Waals surface area contributed by atoms with E-state index >= 15 is 0 Å². The first-order valence-electron chi connectivity index (χ1n) is 17.3. The Morgan fingerprint density at radius 2 is 1.33 bits per heavy atom. The van der Waals surface area contributed by atoms with Gasteiger partial charge in [0.1, 0.15) is 31.0 Å². The van der Waals surface area contributed by atoms with E-state index in [1.54, 1.807) is 20.8 Å². The lowest BCUT2D eigenvalue weighted by molar-refractivity contribution is -0.158. The Kier molecular flexibility index (Phi) is 22.7. The van der Waals surface area contributed by atoms with Gasteiger partial charge in [-0.3, -0.25) is 9.59 Å². The van der Waals surface area contributed by atoms with Crippen molar-refractivity contribution in [1.29, 1.82) is 0 Å². The van der Waals surface area contributed by atoms with Crippen LogP contribution in [-0.4, -0.2) is 52.1 Å². The zero-order valence-electron chi connectivity index (χ0n) is 29.2. The molecule has 274 valence electrons. The van der Waals surface area contributed by atoms with Gasteiger partial charge in [0.15, 0.2) is 0 Å². The number of rotatable bonds is 24. The lowest BCUT2D eigenvalue weighted by atomic mass is 10.0.